The van der Waals surface area contributed by atoms with Gasteiger partial charge in [-0.05, 0) is 109 Å². The molecule has 0 aromatic heterocycles. The molecule has 0 heterocycles. The summed E-state index contributed by atoms with van der Waals surface area (Å²) in [4.78, 5) is 38.0. The van der Waals surface area contributed by atoms with Gasteiger partial charge in [-0.1, -0.05) is 199 Å². The lowest BCUT2D eigenvalue weighted by atomic mass is 10.1. The second-order valence-corrected chi connectivity index (χ2v) is 16.0. The van der Waals surface area contributed by atoms with Crippen molar-refractivity contribution in [1.82, 2.24) is 0 Å². The van der Waals surface area contributed by atoms with E-state index in [0.29, 0.717) is 12.8 Å². The Labute approximate surface area is 392 Å². The molecule has 0 aliphatic rings. The van der Waals surface area contributed by atoms with Crippen LogP contribution in [0.15, 0.2) is 134 Å². The van der Waals surface area contributed by atoms with Gasteiger partial charge in [0.05, 0.1) is 0 Å². The van der Waals surface area contributed by atoms with Crippen LogP contribution in [0.25, 0.3) is 0 Å². The quantitative estimate of drug-likeness (QED) is 0.0200. The number of unbranched alkanes of at least 4 members (excludes halogenated alkanes) is 13. The van der Waals surface area contributed by atoms with Crippen molar-refractivity contribution in [3.05, 3.63) is 134 Å². The number of ether oxygens (including phenoxy) is 3. The molecule has 0 aliphatic carbocycles. The van der Waals surface area contributed by atoms with Crippen molar-refractivity contribution in [1.29, 1.82) is 0 Å². The molecule has 0 bridgehead atoms. The minimum absolute atomic E-state index is 0.122. The number of carbonyl (C=O) groups is 3. The highest BCUT2D eigenvalue weighted by molar-refractivity contribution is 5.71. The van der Waals surface area contributed by atoms with Crippen LogP contribution < -0.4 is 0 Å². The molecule has 0 radical (unpaired) electrons. The fourth-order valence-electron chi connectivity index (χ4n) is 6.22. The summed E-state index contributed by atoms with van der Waals surface area (Å²) in [6, 6.07) is 0. The smallest absolute Gasteiger partial charge is 0.306 e. The van der Waals surface area contributed by atoms with Crippen molar-refractivity contribution in [3.8, 4) is 0 Å². The van der Waals surface area contributed by atoms with E-state index in [9.17, 15) is 14.4 Å². The Morgan fingerprint density at radius 3 is 1.20 bits per heavy atom. The van der Waals surface area contributed by atoms with Crippen molar-refractivity contribution in [2.45, 2.75) is 200 Å². The van der Waals surface area contributed by atoms with Gasteiger partial charge in [0, 0.05) is 19.3 Å². The van der Waals surface area contributed by atoms with Gasteiger partial charge in [0.25, 0.3) is 0 Å². The van der Waals surface area contributed by atoms with E-state index in [1.54, 1.807) is 0 Å². The van der Waals surface area contributed by atoms with Gasteiger partial charge in [-0.25, -0.2) is 0 Å². The van der Waals surface area contributed by atoms with Crippen LogP contribution in [-0.4, -0.2) is 37.2 Å². The molecular formula is C58H90O6. The zero-order valence-corrected chi connectivity index (χ0v) is 40.7. The number of carbonyl (C=O) groups excluding carboxylic acids is 3. The third kappa shape index (κ3) is 48.6. The highest BCUT2D eigenvalue weighted by Crippen LogP contribution is 2.12. The molecule has 0 fully saturated rings. The number of esters is 3. The van der Waals surface area contributed by atoms with E-state index in [-0.39, 0.29) is 44.0 Å². The van der Waals surface area contributed by atoms with Gasteiger partial charge in [-0.2, -0.15) is 0 Å². The van der Waals surface area contributed by atoms with Crippen molar-refractivity contribution in [2.24, 2.45) is 0 Å². The molecule has 1 atom stereocenters. The van der Waals surface area contributed by atoms with Crippen molar-refractivity contribution in [3.63, 3.8) is 0 Å². The first kappa shape index (κ1) is 59.5. The fourth-order valence-corrected chi connectivity index (χ4v) is 6.22. The normalized spacial score (nSPS) is 13.2. The second-order valence-electron chi connectivity index (χ2n) is 16.0. The highest BCUT2D eigenvalue weighted by Gasteiger charge is 2.19. The van der Waals surface area contributed by atoms with Gasteiger partial charge in [-0.3, -0.25) is 14.4 Å². The van der Waals surface area contributed by atoms with Crippen LogP contribution in [0.5, 0.6) is 0 Å². The van der Waals surface area contributed by atoms with Gasteiger partial charge in [0.1, 0.15) is 13.2 Å². The summed E-state index contributed by atoms with van der Waals surface area (Å²) in [7, 11) is 0. The Kier molecular flexibility index (Phi) is 47.6. The zero-order valence-electron chi connectivity index (χ0n) is 40.7. The number of hydrogen-bond acceptors (Lipinski definition) is 6. The number of hydrogen-bond donors (Lipinski definition) is 0. The summed E-state index contributed by atoms with van der Waals surface area (Å²) in [6.07, 6.45) is 71.5. The van der Waals surface area contributed by atoms with Gasteiger partial charge in [-0.15, -0.1) is 0 Å². The van der Waals surface area contributed by atoms with Gasteiger partial charge in [0.2, 0.25) is 0 Å². The third-order valence-corrected chi connectivity index (χ3v) is 9.96. The highest BCUT2D eigenvalue weighted by atomic mass is 16.6. The lowest BCUT2D eigenvalue weighted by Crippen LogP contribution is -2.30. The first-order valence-corrected chi connectivity index (χ1v) is 25.2. The average Bonchev–Trinajstić information content (AvgIpc) is 3.29. The maximum absolute atomic E-state index is 12.8. The molecule has 6 nitrogen and oxygen atoms in total. The lowest BCUT2D eigenvalue weighted by molar-refractivity contribution is -0.167. The third-order valence-electron chi connectivity index (χ3n) is 9.96. The van der Waals surface area contributed by atoms with Gasteiger partial charge < -0.3 is 14.2 Å². The summed E-state index contributed by atoms with van der Waals surface area (Å²) in [6.45, 7) is 6.24. The molecule has 0 aromatic carbocycles. The maximum atomic E-state index is 12.8. The first-order valence-electron chi connectivity index (χ1n) is 25.2. The van der Waals surface area contributed by atoms with Crippen LogP contribution in [0.1, 0.15) is 194 Å². The van der Waals surface area contributed by atoms with Crippen LogP contribution in [0, 0.1) is 0 Å². The van der Waals surface area contributed by atoms with Crippen LogP contribution >= 0.6 is 0 Å². The Hall–Kier alpha value is -4.45. The molecule has 1 unspecified atom stereocenters. The van der Waals surface area contributed by atoms with Crippen molar-refractivity contribution >= 4 is 17.9 Å². The number of rotatable bonds is 43. The molecule has 0 spiro atoms. The summed E-state index contributed by atoms with van der Waals surface area (Å²) < 4.78 is 16.7. The van der Waals surface area contributed by atoms with E-state index in [0.717, 1.165) is 122 Å². The summed E-state index contributed by atoms with van der Waals surface area (Å²) in [5.41, 5.74) is 0. The Morgan fingerprint density at radius 1 is 0.344 bits per heavy atom. The molecule has 0 rings (SSSR count). The topological polar surface area (TPSA) is 78.9 Å². The van der Waals surface area contributed by atoms with E-state index in [4.69, 9.17) is 14.2 Å². The summed E-state index contributed by atoms with van der Waals surface area (Å²) in [5, 5.41) is 0. The fraction of sp³-hybridized carbons (Fsp3) is 0.569. The Bertz CT molecular complexity index is 1430. The van der Waals surface area contributed by atoms with E-state index < -0.39 is 6.10 Å². The molecule has 0 amide bonds. The Balaban J connectivity index is 4.58. The molecule has 0 saturated heterocycles. The van der Waals surface area contributed by atoms with Crippen molar-refractivity contribution in [2.75, 3.05) is 13.2 Å². The van der Waals surface area contributed by atoms with Crippen LogP contribution in [0.3, 0.4) is 0 Å². The average molecular weight is 883 g/mol. The molecule has 0 aliphatic heterocycles. The van der Waals surface area contributed by atoms with Gasteiger partial charge >= 0.3 is 17.9 Å². The first-order chi connectivity index (χ1) is 31.5. The maximum Gasteiger partial charge on any atom is 0.306 e. The molecule has 0 aromatic rings. The largest absolute Gasteiger partial charge is 0.462 e. The molecule has 358 valence electrons. The molecule has 6 heteroatoms. The monoisotopic (exact) mass is 883 g/mol. The van der Waals surface area contributed by atoms with E-state index in [2.05, 4.69) is 130 Å². The predicted molar refractivity (Wildman–Crippen MR) is 274 cm³/mol. The lowest BCUT2D eigenvalue weighted by Gasteiger charge is -2.18. The standard InChI is InChI=1S/C58H90O6/c1-4-7-10-13-16-19-22-25-28-29-31-33-36-39-42-45-48-51-57(60)63-54-55(53-62-56(59)50-47-44-41-38-35-32-27-24-21-18-15-12-9-6-3)64-58(61)52-49-46-43-40-37-34-30-26-23-20-17-14-11-8-5-2/h8-9,11-12,14,16-21,23,25-28,30-33,39,42,55H,4-7,10,13,15,22,24,29,34-38,40-41,43-54H2,1-3H3/b11-8-,12-9-,17-14-,19-16-,21-18-,23-20-,28-25-,30-26-,32-27-,33-31-,42-39-. The molecule has 0 N–H and O–H groups in total. The summed E-state index contributed by atoms with van der Waals surface area (Å²) in [5.74, 6) is -1.04. The van der Waals surface area contributed by atoms with Crippen molar-refractivity contribution < 1.29 is 28.6 Å². The van der Waals surface area contributed by atoms with Crippen LogP contribution in [-0.2, 0) is 28.6 Å². The second kappa shape index (κ2) is 51.2. The SMILES string of the molecule is CC\C=C/C=C\C=C/C=C\CCCCCCCC(=O)OC(COC(=O)CCC/C=C\C/C=C\C/C=C\C/C=C\CCCCC)COC(=O)CCCCCC/C=C\C/C=C\C/C=C\CC. The van der Waals surface area contributed by atoms with E-state index in [1.807, 2.05) is 24.3 Å². The van der Waals surface area contributed by atoms with Gasteiger partial charge in [0.15, 0.2) is 6.10 Å². The number of allylic oxidation sites excluding steroid dienone is 22. The minimum atomic E-state index is -0.826. The summed E-state index contributed by atoms with van der Waals surface area (Å²) >= 11 is 0. The van der Waals surface area contributed by atoms with Crippen LogP contribution in [0.2, 0.25) is 0 Å². The van der Waals surface area contributed by atoms with Crippen LogP contribution in [0.4, 0.5) is 0 Å². The minimum Gasteiger partial charge on any atom is -0.462 e. The molecular weight excluding hydrogens is 793 g/mol. The predicted octanol–water partition coefficient (Wildman–Crippen LogP) is 16.7. The van der Waals surface area contributed by atoms with E-state index >= 15 is 0 Å². The molecule has 0 saturated carbocycles. The Morgan fingerprint density at radius 2 is 0.703 bits per heavy atom. The molecule has 64 heavy (non-hydrogen) atoms. The van der Waals surface area contributed by atoms with E-state index in [1.165, 1.54) is 25.7 Å². The zero-order chi connectivity index (χ0) is 46.5.